The van der Waals surface area contributed by atoms with Crippen molar-refractivity contribution in [1.82, 2.24) is 0 Å². The summed E-state index contributed by atoms with van der Waals surface area (Å²) in [4.78, 5) is 11.8. The number of carbonyl (C=O) groups is 1. The van der Waals surface area contributed by atoms with Crippen LogP contribution < -0.4 is 5.32 Å². The lowest BCUT2D eigenvalue weighted by molar-refractivity contribution is -0.113. The smallest absolute Gasteiger partial charge is 0.274 e. The average Bonchev–Trinajstić information content (AvgIpc) is 2.82. The molecular weight excluding hydrogens is 232 g/mol. The molecule has 1 aromatic rings. The lowest BCUT2D eigenvalue weighted by atomic mass is 10.2. The molecule has 0 bridgehead atoms. The molecule has 4 heteroatoms. The van der Waals surface area contributed by atoms with Crippen LogP contribution in [0.3, 0.4) is 0 Å². The number of nitriles is 1. The van der Waals surface area contributed by atoms with E-state index in [9.17, 15) is 4.79 Å². The first-order chi connectivity index (χ1) is 8.29. The molecule has 0 saturated carbocycles. The zero-order chi connectivity index (χ0) is 12.1. The van der Waals surface area contributed by atoms with Crippen molar-refractivity contribution < 1.29 is 4.79 Å². The van der Waals surface area contributed by atoms with E-state index < -0.39 is 0 Å². The topological polar surface area (TPSA) is 52.9 Å². The van der Waals surface area contributed by atoms with Crippen LogP contribution in [-0.4, -0.2) is 23.2 Å². The molecule has 1 saturated heterocycles. The van der Waals surface area contributed by atoms with Crippen LogP contribution >= 0.6 is 0 Å². The lowest BCUT2D eigenvalue weighted by Gasteiger charge is -2.06. The summed E-state index contributed by atoms with van der Waals surface area (Å²) in [5, 5.41) is 11.7. The molecule has 1 fully saturated rings. The predicted octanol–water partition coefficient (Wildman–Crippen LogP) is 1.91. The van der Waals surface area contributed by atoms with Crippen molar-refractivity contribution in [3.05, 3.63) is 29.8 Å². The second-order valence-electron chi connectivity index (χ2n) is 4.08. The Morgan fingerprint density at radius 2 is 2.06 bits per heavy atom. The largest absolute Gasteiger partial charge is 0.321 e. The number of rotatable bonds is 3. The number of nitrogens with one attached hydrogen (secondary N) is 1. The highest BCUT2D eigenvalue weighted by Crippen LogP contribution is 2.16. The summed E-state index contributed by atoms with van der Waals surface area (Å²) in [5.41, 5.74) is 1.15. The van der Waals surface area contributed by atoms with Crippen molar-refractivity contribution in [1.29, 1.82) is 5.26 Å². The number of carbonyl (C=O) groups excluding carboxylic acids is 1. The first-order valence-corrected chi connectivity index (χ1v) is 7.46. The third-order valence-corrected chi connectivity index (χ3v) is 5.18. The molecule has 17 heavy (non-hydrogen) atoms. The van der Waals surface area contributed by atoms with E-state index in [1.54, 1.807) is 18.2 Å². The molecule has 0 aromatic heterocycles. The lowest BCUT2D eigenvalue weighted by Crippen LogP contribution is -2.24. The molecule has 1 heterocycles. The van der Waals surface area contributed by atoms with Crippen LogP contribution in [0.1, 0.15) is 18.4 Å². The Hall–Kier alpha value is -1.47. The van der Waals surface area contributed by atoms with Crippen LogP contribution in [0.15, 0.2) is 24.3 Å². The van der Waals surface area contributed by atoms with E-state index in [1.807, 2.05) is 6.07 Å². The van der Waals surface area contributed by atoms with Gasteiger partial charge in [-0.25, -0.2) is 0 Å². The van der Waals surface area contributed by atoms with E-state index in [0.717, 1.165) is 0 Å². The normalized spacial score (nSPS) is 15.5. The number of anilines is 1. The zero-order valence-electron chi connectivity index (χ0n) is 9.61. The Kier molecular flexibility index (Phi) is 4.05. The van der Waals surface area contributed by atoms with E-state index in [1.165, 1.54) is 24.3 Å². The molecule has 2 rings (SSSR count). The molecule has 3 nitrogen and oxygen atoms in total. The van der Waals surface area contributed by atoms with Crippen molar-refractivity contribution in [2.45, 2.75) is 12.8 Å². The van der Waals surface area contributed by atoms with E-state index in [2.05, 4.69) is 11.4 Å². The fourth-order valence-electron chi connectivity index (χ4n) is 1.92. The van der Waals surface area contributed by atoms with Gasteiger partial charge in [0.15, 0.2) is 5.75 Å². The third kappa shape index (κ3) is 3.24. The highest BCUT2D eigenvalue weighted by atomic mass is 32.2. The van der Waals surface area contributed by atoms with E-state index >= 15 is 0 Å². The molecule has 0 spiro atoms. The Bertz CT molecular complexity index is 447. The average molecular weight is 247 g/mol. The van der Waals surface area contributed by atoms with Gasteiger partial charge >= 0.3 is 0 Å². The summed E-state index contributed by atoms with van der Waals surface area (Å²) in [5.74, 6) is 3.03. The van der Waals surface area contributed by atoms with Gasteiger partial charge in [0, 0.05) is 0 Å². The monoisotopic (exact) mass is 247 g/mol. The first kappa shape index (κ1) is 12.0. The van der Waals surface area contributed by atoms with Crippen molar-refractivity contribution in [3.8, 4) is 6.07 Å². The molecule has 0 radical (unpaired) electrons. The van der Waals surface area contributed by atoms with Gasteiger partial charge in [0.05, 0.1) is 11.3 Å². The Morgan fingerprint density at radius 1 is 1.35 bits per heavy atom. The van der Waals surface area contributed by atoms with Crippen LogP contribution in [-0.2, 0) is 15.7 Å². The number of hydrogen-bond donors (Lipinski definition) is 1. The maximum atomic E-state index is 11.8. The minimum atomic E-state index is 0.0398. The number of benzene rings is 1. The van der Waals surface area contributed by atoms with Crippen LogP contribution in [0.5, 0.6) is 0 Å². The van der Waals surface area contributed by atoms with E-state index in [0.29, 0.717) is 17.0 Å². The highest BCUT2D eigenvalue weighted by Gasteiger charge is 2.27. The van der Waals surface area contributed by atoms with E-state index in [-0.39, 0.29) is 16.8 Å². The minimum Gasteiger partial charge on any atom is -0.321 e. The summed E-state index contributed by atoms with van der Waals surface area (Å²) in [6.45, 7) is 0. The highest BCUT2D eigenvalue weighted by molar-refractivity contribution is 7.97. The molecule has 1 N–H and O–H groups in total. The third-order valence-electron chi connectivity index (χ3n) is 2.77. The Morgan fingerprint density at radius 3 is 2.76 bits per heavy atom. The molecule has 0 atom stereocenters. The maximum Gasteiger partial charge on any atom is 0.274 e. The zero-order valence-corrected chi connectivity index (χ0v) is 10.4. The SMILES string of the molecule is N#Cc1ccccc1NC(=O)C[S+]1CCCC1. The summed E-state index contributed by atoms with van der Waals surface area (Å²) in [7, 11) is 0.265. The van der Waals surface area contributed by atoms with Gasteiger partial charge in [-0.1, -0.05) is 12.1 Å². The molecule has 1 aliphatic heterocycles. The molecular formula is C13H15N2OS+. The van der Waals surface area contributed by atoms with Crippen molar-refractivity contribution in [2.75, 3.05) is 22.6 Å². The van der Waals surface area contributed by atoms with Crippen LogP contribution in [0.4, 0.5) is 5.69 Å². The van der Waals surface area contributed by atoms with Gasteiger partial charge in [0.25, 0.3) is 5.91 Å². The quantitative estimate of drug-likeness (QED) is 0.829. The van der Waals surface area contributed by atoms with Gasteiger partial charge in [0.2, 0.25) is 0 Å². The number of hydrogen-bond acceptors (Lipinski definition) is 2. The second-order valence-corrected chi connectivity index (χ2v) is 6.41. The maximum absolute atomic E-state index is 11.8. The van der Waals surface area contributed by atoms with E-state index in [4.69, 9.17) is 5.26 Å². The summed E-state index contributed by atoms with van der Waals surface area (Å²) in [6, 6.07) is 9.20. The van der Waals surface area contributed by atoms with Crippen LogP contribution in [0.25, 0.3) is 0 Å². The van der Waals surface area contributed by atoms with Crippen molar-refractivity contribution >= 4 is 22.5 Å². The van der Waals surface area contributed by atoms with Gasteiger partial charge < -0.3 is 5.32 Å². The molecule has 0 unspecified atom stereocenters. The summed E-state index contributed by atoms with van der Waals surface area (Å²) in [6.07, 6.45) is 2.51. The number of nitrogens with zero attached hydrogens (tertiary/aromatic N) is 1. The molecule has 1 amide bonds. The van der Waals surface area contributed by atoms with Crippen molar-refractivity contribution in [3.63, 3.8) is 0 Å². The number of amides is 1. The fraction of sp³-hybridized carbons (Fsp3) is 0.385. The van der Waals surface area contributed by atoms with Gasteiger partial charge in [-0.15, -0.1) is 0 Å². The Balaban J connectivity index is 1.95. The van der Waals surface area contributed by atoms with Gasteiger partial charge in [-0.3, -0.25) is 4.79 Å². The standard InChI is InChI=1S/C13H14N2OS/c14-9-11-5-1-2-6-12(11)15-13(16)10-17-7-3-4-8-17/h1-2,5-6H,3-4,7-8,10H2/p+1. The molecule has 1 aromatic carbocycles. The summed E-state index contributed by atoms with van der Waals surface area (Å²) >= 11 is 0. The molecule has 0 aliphatic carbocycles. The Labute approximate surface area is 104 Å². The van der Waals surface area contributed by atoms with Crippen LogP contribution in [0, 0.1) is 11.3 Å². The summed E-state index contributed by atoms with van der Waals surface area (Å²) < 4.78 is 0. The molecule has 88 valence electrons. The first-order valence-electron chi connectivity index (χ1n) is 5.72. The van der Waals surface area contributed by atoms with Crippen LogP contribution in [0.2, 0.25) is 0 Å². The second kappa shape index (κ2) is 5.74. The van der Waals surface area contributed by atoms with Crippen molar-refractivity contribution in [2.24, 2.45) is 0 Å². The molecule has 1 aliphatic rings. The minimum absolute atomic E-state index is 0.0398. The fourth-order valence-corrected chi connectivity index (χ4v) is 4.08. The van der Waals surface area contributed by atoms with Gasteiger partial charge in [0.1, 0.15) is 17.6 Å². The van der Waals surface area contributed by atoms with Gasteiger partial charge in [-0.05, 0) is 35.9 Å². The van der Waals surface area contributed by atoms with Gasteiger partial charge in [-0.2, -0.15) is 5.26 Å². The predicted molar refractivity (Wildman–Crippen MR) is 71.0 cm³/mol. The number of para-hydroxylation sites is 1.